The van der Waals surface area contributed by atoms with Gasteiger partial charge in [0.1, 0.15) is 5.56 Å². The molecule has 0 aromatic heterocycles. The summed E-state index contributed by atoms with van der Waals surface area (Å²) in [6.07, 6.45) is 0. The van der Waals surface area contributed by atoms with Crippen molar-refractivity contribution < 1.29 is 14.5 Å². The number of carbonyl (C=O) groups is 1. The van der Waals surface area contributed by atoms with Gasteiger partial charge in [-0.25, -0.2) is 4.79 Å². The van der Waals surface area contributed by atoms with Crippen LogP contribution in [0.15, 0.2) is 18.2 Å². The molecule has 0 saturated carbocycles. The van der Waals surface area contributed by atoms with Gasteiger partial charge >= 0.3 is 5.97 Å². The van der Waals surface area contributed by atoms with Gasteiger partial charge in [0.15, 0.2) is 0 Å². The number of benzene rings is 1. The summed E-state index contributed by atoms with van der Waals surface area (Å²) in [5, 5.41) is 10.6. The van der Waals surface area contributed by atoms with E-state index in [1.807, 2.05) is 0 Å². The molecule has 1 aromatic rings. The van der Waals surface area contributed by atoms with Crippen LogP contribution in [0.4, 0.5) is 11.4 Å². The van der Waals surface area contributed by atoms with Crippen LogP contribution in [0.2, 0.25) is 0 Å². The molecule has 0 atom stereocenters. The highest BCUT2D eigenvalue weighted by Gasteiger charge is 2.20. The van der Waals surface area contributed by atoms with Crippen LogP contribution in [-0.2, 0) is 4.74 Å². The summed E-state index contributed by atoms with van der Waals surface area (Å²) in [6.45, 7) is 1.79. The van der Waals surface area contributed by atoms with E-state index in [0.717, 1.165) is 6.07 Å². The molecule has 0 heterocycles. The molecule has 2 N–H and O–H groups in total. The molecule has 0 fully saturated rings. The number of carbonyl (C=O) groups excluding carboxylic acids is 1. The minimum atomic E-state index is -0.718. The number of nitro benzene ring substituents is 1. The third kappa shape index (κ3) is 2.43. The van der Waals surface area contributed by atoms with Crippen molar-refractivity contribution in [2.24, 2.45) is 0 Å². The largest absolute Gasteiger partial charge is 0.462 e. The molecular formula is C9H10N2O4. The molecule has 1 rings (SSSR count). The van der Waals surface area contributed by atoms with E-state index in [1.54, 1.807) is 6.92 Å². The van der Waals surface area contributed by atoms with Crippen LogP contribution in [-0.4, -0.2) is 17.5 Å². The topological polar surface area (TPSA) is 95.5 Å². The van der Waals surface area contributed by atoms with Gasteiger partial charge in [-0.3, -0.25) is 10.1 Å². The van der Waals surface area contributed by atoms with Crippen molar-refractivity contribution in [3.05, 3.63) is 33.9 Å². The smallest absolute Gasteiger partial charge is 0.345 e. The Kier molecular flexibility index (Phi) is 3.22. The zero-order chi connectivity index (χ0) is 11.4. The molecule has 0 amide bonds. The first-order valence-corrected chi connectivity index (χ1v) is 4.27. The Morgan fingerprint density at radius 2 is 2.27 bits per heavy atom. The SMILES string of the molecule is CCOC(=O)c1ccc(N)cc1[N+](=O)[O-]. The molecule has 0 saturated heterocycles. The van der Waals surface area contributed by atoms with E-state index >= 15 is 0 Å². The average Bonchev–Trinajstić information content (AvgIpc) is 2.17. The number of nitrogens with two attached hydrogens (primary N) is 1. The van der Waals surface area contributed by atoms with Gasteiger partial charge in [0.2, 0.25) is 0 Å². The lowest BCUT2D eigenvalue weighted by molar-refractivity contribution is -0.385. The maximum absolute atomic E-state index is 11.3. The van der Waals surface area contributed by atoms with Crippen LogP contribution in [0.5, 0.6) is 0 Å². The van der Waals surface area contributed by atoms with Crippen molar-refractivity contribution in [2.75, 3.05) is 12.3 Å². The van der Waals surface area contributed by atoms with Crippen LogP contribution in [0.3, 0.4) is 0 Å². The van der Waals surface area contributed by atoms with Gasteiger partial charge in [-0.2, -0.15) is 0 Å². The van der Waals surface area contributed by atoms with Gasteiger partial charge < -0.3 is 10.5 Å². The van der Waals surface area contributed by atoms with E-state index in [1.165, 1.54) is 12.1 Å². The maximum Gasteiger partial charge on any atom is 0.345 e. The molecule has 0 aliphatic carbocycles. The van der Waals surface area contributed by atoms with Crippen LogP contribution in [0, 0.1) is 10.1 Å². The third-order valence-electron chi connectivity index (χ3n) is 1.71. The Morgan fingerprint density at radius 3 is 2.80 bits per heavy atom. The van der Waals surface area contributed by atoms with Crippen molar-refractivity contribution in [3.63, 3.8) is 0 Å². The monoisotopic (exact) mass is 210 g/mol. The summed E-state index contributed by atoms with van der Waals surface area (Å²) in [5.74, 6) is -0.718. The van der Waals surface area contributed by atoms with Crippen molar-refractivity contribution in [3.8, 4) is 0 Å². The van der Waals surface area contributed by atoms with Crippen LogP contribution in [0.1, 0.15) is 17.3 Å². The first-order chi connectivity index (χ1) is 7.06. The van der Waals surface area contributed by atoms with E-state index in [-0.39, 0.29) is 23.5 Å². The van der Waals surface area contributed by atoms with Gasteiger partial charge in [0, 0.05) is 11.8 Å². The van der Waals surface area contributed by atoms with E-state index in [2.05, 4.69) is 4.74 Å². The number of hydrogen-bond acceptors (Lipinski definition) is 5. The average molecular weight is 210 g/mol. The molecule has 1 aromatic carbocycles. The molecule has 6 heteroatoms. The predicted molar refractivity (Wildman–Crippen MR) is 53.5 cm³/mol. The second kappa shape index (κ2) is 4.41. The summed E-state index contributed by atoms with van der Waals surface area (Å²) in [7, 11) is 0. The lowest BCUT2D eigenvalue weighted by Crippen LogP contribution is -2.08. The van der Waals surface area contributed by atoms with E-state index in [0.29, 0.717) is 0 Å². The number of rotatable bonds is 3. The fraction of sp³-hybridized carbons (Fsp3) is 0.222. The van der Waals surface area contributed by atoms with E-state index < -0.39 is 10.9 Å². The lowest BCUT2D eigenvalue weighted by Gasteiger charge is -2.03. The Hall–Kier alpha value is -2.11. The van der Waals surface area contributed by atoms with Crippen LogP contribution < -0.4 is 5.73 Å². The number of hydrogen-bond donors (Lipinski definition) is 1. The predicted octanol–water partition coefficient (Wildman–Crippen LogP) is 1.35. The Balaban J connectivity index is 3.17. The number of nitro groups is 1. The summed E-state index contributed by atoms with van der Waals surface area (Å²) >= 11 is 0. The molecule has 0 aliphatic rings. The number of nitrogens with zero attached hydrogens (tertiary/aromatic N) is 1. The highest BCUT2D eigenvalue weighted by molar-refractivity contribution is 5.94. The molecule has 6 nitrogen and oxygen atoms in total. The van der Waals surface area contributed by atoms with Gasteiger partial charge in [-0.1, -0.05) is 0 Å². The van der Waals surface area contributed by atoms with Gasteiger partial charge in [-0.05, 0) is 19.1 Å². The van der Waals surface area contributed by atoms with Crippen LogP contribution in [0.25, 0.3) is 0 Å². The minimum absolute atomic E-state index is 0.0870. The Bertz CT molecular complexity index is 403. The zero-order valence-corrected chi connectivity index (χ0v) is 8.10. The van der Waals surface area contributed by atoms with Crippen molar-refractivity contribution in [1.29, 1.82) is 0 Å². The summed E-state index contributed by atoms with van der Waals surface area (Å²) in [4.78, 5) is 21.3. The van der Waals surface area contributed by atoms with Gasteiger partial charge in [-0.15, -0.1) is 0 Å². The van der Waals surface area contributed by atoms with Crippen LogP contribution >= 0.6 is 0 Å². The second-order valence-corrected chi connectivity index (χ2v) is 2.75. The highest BCUT2D eigenvalue weighted by atomic mass is 16.6. The number of nitrogen functional groups attached to an aromatic ring is 1. The van der Waals surface area contributed by atoms with E-state index in [9.17, 15) is 14.9 Å². The maximum atomic E-state index is 11.3. The molecule has 0 aliphatic heterocycles. The number of anilines is 1. The first-order valence-electron chi connectivity index (χ1n) is 4.27. The summed E-state index contributed by atoms with van der Waals surface area (Å²) in [5.41, 5.74) is 5.19. The molecule has 0 unspecified atom stereocenters. The Morgan fingerprint density at radius 1 is 1.60 bits per heavy atom. The molecular weight excluding hydrogens is 200 g/mol. The third-order valence-corrected chi connectivity index (χ3v) is 1.71. The molecule has 0 bridgehead atoms. The zero-order valence-electron chi connectivity index (χ0n) is 8.10. The quantitative estimate of drug-likeness (QED) is 0.351. The molecule has 80 valence electrons. The summed E-state index contributed by atoms with van der Waals surface area (Å²) < 4.78 is 4.67. The fourth-order valence-electron chi connectivity index (χ4n) is 1.08. The normalized spacial score (nSPS) is 9.67. The number of esters is 1. The van der Waals surface area contributed by atoms with Crippen molar-refractivity contribution in [1.82, 2.24) is 0 Å². The standard InChI is InChI=1S/C9H10N2O4/c1-2-15-9(12)7-4-3-6(10)5-8(7)11(13)14/h3-5H,2,10H2,1H3. The second-order valence-electron chi connectivity index (χ2n) is 2.75. The van der Waals surface area contributed by atoms with E-state index in [4.69, 9.17) is 5.73 Å². The summed E-state index contributed by atoms with van der Waals surface area (Å²) in [6, 6.07) is 3.83. The highest BCUT2D eigenvalue weighted by Crippen LogP contribution is 2.22. The minimum Gasteiger partial charge on any atom is -0.462 e. The lowest BCUT2D eigenvalue weighted by atomic mass is 10.1. The molecule has 0 radical (unpaired) electrons. The molecule has 0 spiro atoms. The van der Waals surface area contributed by atoms with Crippen molar-refractivity contribution >= 4 is 17.3 Å². The number of ether oxygens (including phenoxy) is 1. The van der Waals surface area contributed by atoms with Gasteiger partial charge in [0.05, 0.1) is 11.5 Å². The van der Waals surface area contributed by atoms with Crippen molar-refractivity contribution in [2.45, 2.75) is 6.92 Å². The van der Waals surface area contributed by atoms with Gasteiger partial charge in [0.25, 0.3) is 5.69 Å². The first kappa shape index (κ1) is 11.0. The molecule has 15 heavy (non-hydrogen) atoms. The fourth-order valence-corrected chi connectivity index (χ4v) is 1.08. The Labute approximate surface area is 85.8 Å².